The molecule has 0 spiro atoms. The van der Waals surface area contributed by atoms with E-state index in [0.29, 0.717) is 12.4 Å². The lowest BCUT2D eigenvalue weighted by Gasteiger charge is -2.31. The van der Waals surface area contributed by atoms with Crippen LogP contribution < -0.4 is 9.46 Å². The van der Waals surface area contributed by atoms with Crippen LogP contribution in [0.1, 0.15) is 32.6 Å². The largest absolute Gasteiger partial charge is 0.493 e. The summed E-state index contributed by atoms with van der Waals surface area (Å²) in [4.78, 5) is 0. The average Bonchev–Trinajstić information content (AvgIpc) is 2.46. The van der Waals surface area contributed by atoms with Crippen LogP contribution >= 0.6 is 0 Å². The van der Waals surface area contributed by atoms with Gasteiger partial charge in [-0.15, -0.1) is 0 Å². The molecule has 2 atom stereocenters. The van der Waals surface area contributed by atoms with Gasteiger partial charge in [0.1, 0.15) is 11.6 Å². The van der Waals surface area contributed by atoms with Crippen molar-refractivity contribution in [3.8, 4) is 5.75 Å². The van der Waals surface area contributed by atoms with Crippen LogP contribution in [0.25, 0.3) is 0 Å². The van der Waals surface area contributed by atoms with Crippen LogP contribution in [-0.4, -0.2) is 26.8 Å². The number of hydrogen-bond donors (Lipinski definition) is 1. The maximum atomic E-state index is 13.1. The van der Waals surface area contributed by atoms with Crippen LogP contribution in [0.5, 0.6) is 5.75 Å². The summed E-state index contributed by atoms with van der Waals surface area (Å²) in [5.74, 6) is 0.362. The quantitative estimate of drug-likeness (QED) is 0.878. The zero-order valence-electron chi connectivity index (χ0n) is 12.2. The van der Waals surface area contributed by atoms with Crippen molar-refractivity contribution in [2.45, 2.75) is 38.6 Å². The standard InChI is InChI=1S/C15H22FNO3S/c1-2-21(18,19)17-15-9-4-3-6-12(15)11-20-14-8-5-7-13(16)10-14/h5,7-8,10,12,15,17H,2-4,6,9,11H2,1H3. The highest BCUT2D eigenvalue weighted by atomic mass is 32.2. The Morgan fingerprint density at radius 3 is 2.81 bits per heavy atom. The van der Waals surface area contributed by atoms with Crippen LogP contribution in [0.15, 0.2) is 24.3 Å². The van der Waals surface area contributed by atoms with Gasteiger partial charge >= 0.3 is 0 Å². The summed E-state index contributed by atoms with van der Waals surface area (Å²) in [5, 5.41) is 0. The second-order valence-electron chi connectivity index (χ2n) is 5.44. The van der Waals surface area contributed by atoms with Crippen molar-refractivity contribution in [2.75, 3.05) is 12.4 Å². The molecule has 1 aromatic carbocycles. The molecule has 4 nitrogen and oxygen atoms in total. The van der Waals surface area contributed by atoms with Crippen LogP contribution in [0.2, 0.25) is 0 Å². The Morgan fingerprint density at radius 2 is 2.10 bits per heavy atom. The van der Waals surface area contributed by atoms with Crippen LogP contribution in [-0.2, 0) is 10.0 Å². The van der Waals surface area contributed by atoms with E-state index in [1.54, 1.807) is 19.1 Å². The highest BCUT2D eigenvalue weighted by Gasteiger charge is 2.28. The van der Waals surface area contributed by atoms with Crippen molar-refractivity contribution in [2.24, 2.45) is 5.92 Å². The first-order chi connectivity index (χ1) is 10.00. The molecule has 0 aromatic heterocycles. The Labute approximate surface area is 125 Å². The normalized spacial score (nSPS) is 23.0. The van der Waals surface area contributed by atoms with E-state index >= 15 is 0 Å². The van der Waals surface area contributed by atoms with Crippen molar-refractivity contribution < 1.29 is 17.5 Å². The molecule has 21 heavy (non-hydrogen) atoms. The predicted molar refractivity (Wildman–Crippen MR) is 80.2 cm³/mol. The lowest BCUT2D eigenvalue weighted by atomic mass is 9.86. The SMILES string of the molecule is CCS(=O)(=O)NC1CCCCC1COc1cccc(F)c1. The number of hydrogen-bond acceptors (Lipinski definition) is 3. The number of halogens is 1. The molecule has 1 fully saturated rings. The topological polar surface area (TPSA) is 55.4 Å². The molecule has 1 aliphatic carbocycles. The Kier molecular flexibility index (Phi) is 5.58. The summed E-state index contributed by atoms with van der Waals surface area (Å²) in [6.07, 6.45) is 3.84. The fourth-order valence-electron chi connectivity index (χ4n) is 2.64. The monoisotopic (exact) mass is 315 g/mol. The summed E-state index contributed by atoms with van der Waals surface area (Å²) in [6, 6.07) is 5.93. The maximum Gasteiger partial charge on any atom is 0.211 e. The predicted octanol–water partition coefficient (Wildman–Crippen LogP) is 2.70. The van der Waals surface area contributed by atoms with Gasteiger partial charge in [0.25, 0.3) is 0 Å². The minimum atomic E-state index is -3.21. The molecule has 1 N–H and O–H groups in total. The van der Waals surface area contributed by atoms with Crippen molar-refractivity contribution >= 4 is 10.0 Å². The summed E-state index contributed by atoms with van der Waals surface area (Å²) < 4.78 is 45.0. The molecule has 0 radical (unpaired) electrons. The minimum Gasteiger partial charge on any atom is -0.493 e. The van der Waals surface area contributed by atoms with Gasteiger partial charge in [-0.1, -0.05) is 18.9 Å². The third kappa shape index (κ3) is 4.97. The number of benzene rings is 1. The van der Waals surface area contributed by atoms with Gasteiger partial charge in [-0.25, -0.2) is 17.5 Å². The Hall–Kier alpha value is -1.14. The van der Waals surface area contributed by atoms with Crippen LogP contribution in [0.4, 0.5) is 4.39 Å². The molecule has 118 valence electrons. The average molecular weight is 315 g/mol. The van der Waals surface area contributed by atoms with E-state index in [1.807, 2.05) is 0 Å². The zero-order valence-corrected chi connectivity index (χ0v) is 13.0. The summed E-state index contributed by atoms with van der Waals surface area (Å²) in [6.45, 7) is 2.03. The van der Waals surface area contributed by atoms with Crippen molar-refractivity contribution in [1.82, 2.24) is 4.72 Å². The van der Waals surface area contributed by atoms with Crippen LogP contribution in [0.3, 0.4) is 0 Å². The lowest BCUT2D eigenvalue weighted by Crippen LogP contribution is -2.44. The van der Waals surface area contributed by atoms with Gasteiger partial charge < -0.3 is 4.74 Å². The van der Waals surface area contributed by atoms with E-state index in [1.165, 1.54) is 12.1 Å². The summed E-state index contributed by atoms with van der Waals surface area (Å²) in [7, 11) is -3.21. The van der Waals surface area contributed by atoms with E-state index < -0.39 is 10.0 Å². The minimum absolute atomic E-state index is 0.0843. The molecule has 6 heteroatoms. The molecular formula is C15H22FNO3S. The first-order valence-electron chi connectivity index (χ1n) is 7.38. The van der Waals surface area contributed by atoms with Gasteiger partial charge in [0.2, 0.25) is 10.0 Å². The molecule has 0 amide bonds. The number of ether oxygens (including phenoxy) is 1. The van der Waals surface area contributed by atoms with Gasteiger partial charge in [-0.05, 0) is 31.9 Å². The fourth-order valence-corrected chi connectivity index (χ4v) is 3.57. The van der Waals surface area contributed by atoms with Crippen molar-refractivity contribution in [3.05, 3.63) is 30.1 Å². The molecule has 0 heterocycles. The molecule has 0 bridgehead atoms. The van der Waals surface area contributed by atoms with Gasteiger partial charge in [0.05, 0.1) is 12.4 Å². The zero-order chi connectivity index (χ0) is 15.3. The van der Waals surface area contributed by atoms with E-state index in [9.17, 15) is 12.8 Å². The second-order valence-corrected chi connectivity index (χ2v) is 7.48. The fraction of sp³-hybridized carbons (Fsp3) is 0.600. The smallest absolute Gasteiger partial charge is 0.211 e. The third-order valence-electron chi connectivity index (χ3n) is 3.88. The lowest BCUT2D eigenvalue weighted by molar-refractivity contribution is 0.180. The highest BCUT2D eigenvalue weighted by molar-refractivity contribution is 7.89. The molecule has 1 aliphatic rings. The van der Waals surface area contributed by atoms with Crippen LogP contribution in [0, 0.1) is 11.7 Å². The first kappa shape index (κ1) is 16.2. The molecule has 2 rings (SSSR count). The van der Waals surface area contributed by atoms with Gasteiger partial charge in [-0.2, -0.15) is 0 Å². The van der Waals surface area contributed by atoms with E-state index in [0.717, 1.165) is 25.7 Å². The Morgan fingerprint density at radius 1 is 1.33 bits per heavy atom. The maximum absolute atomic E-state index is 13.1. The molecular weight excluding hydrogens is 293 g/mol. The van der Waals surface area contributed by atoms with E-state index in [4.69, 9.17) is 4.74 Å². The molecule has 0 aliphatic heterocycles. The number of sulfonamides is 1. The molecule has 0 saturated heterocycles. The molecule has 1 aromatic rings. The van der Waals surface area contributed by atoms with Gasteiger partial charge in [-0.3, -0.25) is 0 Å². The summed E-state index contributed by atoms with van der Waals surface area (Å²) in [5.41, 5.74) is 0. The third-order valence-corrected chi connectivity index (χ3v) is 5.30. The highest BCUT2D eigenvalue weighted by Crippen LogP contribution is 2.26. The van der Waals surface area contributed by atoms with Crippen molar-refractivity contribution in [1.29, 1.82) is 0 Å². The van der Waals surface area contributed by atoms with Crippen molar-refractivity contribution in [3.63, 3.8) is 0 Å². The first-order valence-corrected chi connectivity index (χ1v) is 9.04. The summed E-state index contributed by atoms with van der Waals surface area (Å²) >= 11 is 0. The second kappa shape index (κ2) is 7.22. The number of rotatable bonds is 6. The number of nitrogens with one attached hydrogen (secondary N) is 1. The van der Waals surface area contributed by atoms with Gasteiger partial charge in [0, 0.05) is 18.0 Å². The Balaban J connectivity index is 1.96. The van der Waals surface area contributed by atoms with E-state index in [-0.39, 0.29) is 23.5 Å². The van der Waals surface area contributed by atoms with E-state index in [2.05, 4.69) is 4.72 Å². The molecule has 1 saturated carbocycles. The Bertz CT molecular complexity index is 562. The van der Waals surface area contributed by atoms with Gasteiger partial charge in [0.15, 0.2) is 0 Å². The molecule has 2 unspecified atom stereocenters.